The number of hydrogen-bond donors (Lipinski definition) is 1. The summed E-state index contributed by atoms with van der Waals surface area (Å²) < 4.78 is 38.5. The highest BCUT2D eigenvalue weighted by atomic mass is 32.2. The van der Waals surface area contributed by atoms with Gasteiger partial charge in [0.15, 0.2) is 5.25 Å². The molecule has 0 aromatic heterocycles. The van der Waals surface area contributed by atoms with Crippen molar-refractivity contribution in [3.8, 4) is 0 Å². The van der Waals surface area contributed by atoms with Crippen molar-refractivity contribution in [2.75, 3.05) is 6.54 Å². The minimum absolute atomic E-state index is 0.137. The first-order valence-corrected chi connectivity index (χ1v) is 7.71. The minimum atomic E-state index is -3.97. The number of carbonyl (C=O) groups is 1. The lowest BCUT2D eigenvalue weighted by atomic mass is 10.1. The van der Waals surface area contributed by atoms with Crippen molar-refractivity contribution in [3.05, 3.63) is 35.6 Å². The molecule has 0 spiro atoms. The second kappa shape index (κ2) is 6.32. The molecule has 2 unspecified atom stereocenters. The van der Waals surface area contributed by atoms with Crippen LogP contribution in [0.15, 0.2) is 24.3 Å². The van der Waals surface area contributed by atoms with Gasteiger partial charge in [0.05, 0.1) is 0 Å². The molecule has 20 heavy (non-hydrogen) atoms. The van der Waals surface area contributed by atoms with Crippen molar-refractivity contribution in [2.45, 2.75) is 32.1 Å². The Morgan fingerprint density at radius 3 is 2.20 bits per heavy atom. The average molecular weight is 303 g/mol. The summed E-state index contributed by atoms with van der Waals surface area (Å²) in [5, 5.41) is 7.37. The van der Waals surface area contributed by atoms with E-state index in [2.05, 4.69) is 0 Å². The number of carboxylic acid groups (broad SMARTS) is 1. The smallest absolute Gasteiger partial charge is 0.323 e. The Kier molecular flexibility index (Phi) is 5.24. The molecule has 0 aliphatic rings. The van der Waals surface area contributed by atoms with E-state index < -0.39 is 33.1 Å². The lowest BCUT2D eigenvalue weighted by Crippen LogP contribution is -2.42. The molecule has 7 heteroatoms. The predicted molar refractivity (Wildman–Crippen MR) is 73.2 cm³/mol. The van der Waals surface area contributed by atoms with Crippen LogP contribution in [0.4, 0.5) is 4.39 Å². The van der Waals surface area contributed by atoms with E-state index in [-0.39, 0.29) is 6.54 Å². The van der Waals surface area contributed by atoms with E-state index >= 15 is 0 Å². The van der Waals surface area contributed by atoms with Crippen molar-refractivity contribution in [3.63, 3.8) is 0 Å². The van der Waals surface area contributed by atoms with Gasteiger partial charge in [-0.3, -0.25) is 4.79 Å². The maximum atomic E-state index is 12.9. The Bertz CT molecular complexity index is 571. The number of benzene rings is 1. The van der Waals surface area contributed by atoms with Crippen LogP contribution >= 0.6 is 0 Å². The fourth-order valence-corrected chi connectivity index (χ4v) is 3.50. The summed E-state index contributed by atoms with van der Waals surface area (Å²) in [5.74, 6) is -1.81. The molecule has 0 heterocycles. The molecule has 0 saturated heterocycles. The van der Waals surface area contributed by atoms with Crippen LogP contribution in [-0.2, 0) is 14.8 Å². The van der Waals surface area contributed by atoms with E-state index in [1.54, 1.807) is 13.8 Å². The molecule has 5 nitrogen and oxygen atoms in total. The van der Waals surface area contributed by atoms with E-state index in [0.717, 1.165) is 11.2 Å². The molecule has 0 aliphatic heterocycles. The summed E-state index contributed by atoms with van der Waals surface area (Å²) >= 11 is 0. The molecule has 1 N–H and O–H groups in total. The van der Waals surface area contributed by atoms with Gasteiger partial charge in [-0.15, -0.1) is 0 Å². The molecule has 0 amide bonds. The van der Waals surface area contributed by atoms with Crippen LogP contribution in [0.3, 0.4) is 0 Å². The normalized spacial score (nSPS) is 15.1. The third-order valence-electron chi connectivity index (χ3n) is 3.22. The number of halogens is 1. The van der Waals surface area contributed by atoms with Gasteiger partial charge in [0.1, 0.15) is 5.82 Å². The zero-order valence-corrected chi connectivity index (χ0v) is 12.4. The maximum Gasteiger partial charge on any atom is 0.323 e. The summed E-state index contributed by atoms with van der Waals surface area (Å²) in [6, 6.07) is 4.90. The highest BCUT2D eigenvalue weighted by molar-refractivity contribution is 7.90. The van der Waals surface area contributed by atoms with Crippen molar-refractivity contribution < 1.29 is 22.7 Å². The molecule has 0 saturated carbocycles. The molecule has 0 aliphatic carbocycles. The Hall–Kier alpha value is -1.47. The van der Waals surface area contributed by atoms with Crippen LogP contribution in [0.1, 0.15) is 32.4 Å². The molecule has 0 fully saturated rings. The number of sulfonamides is 1. The predicted octanol–water partition coefficient (Wildman–Crippen LogP) is 2.01. The van der Waals surface area contributed by atoms with Crippen LogP contribution in [0, 0.1) is 5.82 Å². The molecular formula is C13H18FNO4S. The molecule has 1 rings (SSSR count). The number of aliphatic carboxylic acids is 1. The van der Waals surface area contributed by atoms with Gasteiger partial charge in [0.25, 0.3) is 0 Å². The molecular weight excluding hydrogens is 285 g/mol. The van der Waals surface area contributed by atoms with Crippen molar-refractivity contribution >= 4 is 16.0 Å². The van der Waals surface area contributed by atoms with Gasteiger partial charge < -0.3 is 5.11 Å². The van der Waals surface area contributed by atoms with Gasteiger partial charge in [-0.1, -0.05) is 19.1 Å². The molecule has 2 atom stereocenters. The number of carboxylic acids is 1. The zero-order valence-electron chi connectivity index (χ0n) is 11.6. The second-order valence-corrected chi connectivity index (χ2v) is 6.66. The topological polar surface area (TPSA) is 74.7 Å². The van der Waals surface area contributed by atoms with E-state index in [4.69, 9.17) is 5.11 Å². The molecule has 112 valence electrons. The maximum absolute atomic E-state index is 12.9. The van der Waals surface area contributed by atoms with Crippen molar-refractivity contribution in [1.82, 2.24) is 4.31 Å². The Balaban J connectivity index is 3.12. The molecule has 0 radical (unpaired) electrons. The molecule has 1 aromatic carbocycles. The third-order valence-corrected chi connectivity index (χ3v) is 5.54. The first-order valence-electron chi connectivity index (χ1n) is 6.20. The minimum Gasteiger partial charge on any atom is -0.480 e. The van der Waals surface area contributed by atoms with E-state index in [0.29, 0.717) is 5.56 Å². The second-order valence-electron chi connectivity index (χ2n) is 4.46. The average Bonchev–Trinajstić information content (AvgIpc) is 2.38. The van der Waals surface area contributed by atoms with Crippen molar-refractivity contribution in [1.29, 1.82) is 0 Å². The number of rotatable bonds is 6. The van der Waals surface area contributed by atoms with Crippen LogP contribution in [-0.4, -0.2) is 35.6 Å². The highest BCUT2D eigenvalue weighted by Gasteiger charge is 2.36. The molecule has 0 bridgehead atoms. The summed E-state index contributed by atoms with van der Waals surface area (Å²) in [4.78, 5) is 10.9. The quantitative estimate of drug-likeness (QED) is 0.872. The van der Waals surface area contributed by atoms with Gasteiger partial charge >= 0.3 is 5.97 Å². The standard InChI is InChI=1S/C13H18FNO4S/c1-4-15(20(18,19)10(3)13(16)17)9(2)11-5-7-12(14)8-6-11/h5-10H,4H2,1-3H3,(H,16,17). The van der Waals surface area contributed by atoms with Crippen molar-refractivity contribution in [2.24, 2.45) is 0 Å². The van der Waals surface area contributed by atoms with Crippen LogP contribution in [0.25, 0.3) is 0 Å². The van der Waals surface area contributed by atoms with Crippen LogP contribution < -0.4 is 0 Å². The summed E-state index contributed by atoms with van der Waals surface area (Å²) in [7, 11) is -3.97. The lowest BCUT2D eigenvalue weighted by molar-refractivity contribution is -0.136. The molecule has 1 aromatic rings. The van der Waals surface area contributed by atoms with E-state index in [1.165, 1.54) is 24.3 Å². The lowest BCUT2D eigenvalue weighted by Gasteiger charge is -2.29. The Morgan fingerprint density at radius 2 is 1.80 bits per heavy atom. The van der Waals surface area contributed by atoms with Crippen LogP contribution in [0.5, 0.6) is 0 Å². The third kappa shape index (κ3) is 3.34. The SMILES string of the molecule is CCN(C(C)c1ccc(F)cc1)S(=O)(=O)C(C)C(=O)O. The summed E-state index contributed by atoms with van der Waals surface area (Å²) in [6.45, 7) is 4.55. The zero-order chi connectivity index (χ0) is 15.5. The van der Waals surface area contributed by atoms with Gasteiger partial charge in [-0.05, 0) is 31.5 Å². The monoisotopic (exact) mass is 303 g/mol. The van der Waals surface area contributed by atoms with Gasteiger partial charge in [-0.25, -0.2) is 12.8 Å². The fourth-order valence-electron chi connectivity index (χ4n) is 1.91. The van der Waals surface area contributed by atoms with Gasteiger partial charge in [0, 0.05) is 12.6 Å². The van der Waals surface area contributed by atoms with Gasteiger partial charge in [0.2, 0.25) is 10.0 Å². The van der Waals surface area contributed by atoms with E-state index in [1.807, 2.05) is 0 Å². The Labute approximate surface area is 118 Å². The van der Waals surface area contributed by atoms with Gasteiger partial charge in [-0.2, -0.15) is 4.31 Å². The van der Waals surface area contributed by atoms with E-state index in [9.17, 15) is 17.6 Å². The largest absolute Gasteiger partial charge is 0.480 e. The van der Waals surface area contributed by atoms with Crippen LogP contribution in [0.2, 0.25) is 0 Å². The fraction of sp³-hybridized carbons (Fsp3) is 0.462. The Morgan fingerprint density at radius 1 is 1.30 bits per heavy atom. The summed E-state index contributed by atoms with van der Waals surface area (Å²) in [6.07, 6.45) is 0. The number of nitrogens with zero attached hydrogens (tertiary/aromatic N) is 1. The first kappa shape index (κ1) is 16.6. The first-order chi connectivity index (χ1) is 9.21. The summed E-state index contributed by atoms with van der Waals surface area (Å²) in [5.41, 5.74) is 0.606. The number of hydrogen-bond acceptors (Lipinski definition) is 3. The highest BCUT2D eigenvalue weighted by Crippen LogP contribution is 2.25.